The molecule has 2 heterocycles. The minimum absolute atomic E-state index is 0.0649. The van der Waals surface area contributed by atoms with E-state index in [0.717, 1.165) is 0 Å². The number of nitrogens with zero attached hydrogens (tertiary/aromatic N) is 3. The zero-order valence-electron chi connectivity index (χ0n) is 16.2. The van der Waals surface area contributed by atoms with Gasteiger partial charge in [0.15, 0.2) is 0 Å². The number of nitrogens with one attached hydrogen (secondary N) is 1. The summed E-state index contributed by atoms with van der Waals surface area (Å²) < 4.78 is 32.2. The standard InChI is InChI=1S/C21H18N4O4S/c1-14-19-11-15(13-22-21(19)29-24-14)20(26)23-16-7-6-10-18(12-16)30(27,28)25(2)17-8-4-3-5-9-17/h3-13H,1-2H3,(H,23,26). The molecule has 0 atom stereocenters. The van der Waals surface area contributed by atoms with Crippen LogP contribution in [0, 0.1) is 6.92 Å². The predicted molar refractivity (Wildman–Crippen MR) is 113 cm³/mol. The van der Waals surface area contributed by atoms with Crippen LogP contribution in [0.5, 0.6) is 0 Å². The molecule has 8 nitrogen and oxygen atoms in total. The third-order valence-corrected chi connectivity index (χ3v) is 6.42. The van der Waals surface area contributed by atoms with E-state index in [4.69, 9.17) is 4.52 Å². The van der Waals surface area contributed by atoms with Crippen LogP contribution in [0.4, 0.5) is 11.4 Å². The lowest BCUT2D eigenvalue weighted by molar-refractivity contribution is 0.102. The number of para-hydroxylation sites is 1. The summed E-state index contributed by atoms with van der Waals surface area (Å²) in [6, 6.07) is 16.5. The van der Waals surface area contributed by atoms with Crippen molar-refractivity contribution in [2.45, 2.75) is 11.8 Å². The first-order valence-corrected chi connectivity index (χ1v) is 10.5. The van der Waals surface area contributed by atoms with Gasteiger partial charge in [-0.25, -0.2) is 13.4 Å². The number of rotatable bonds is 5. The van der Waals surface area contributed by atoms with Crippen molar-refractivity contribution in [2.24, 2.45) is 0 Å². The molecule has 0 bridgehead atoms. The molecule has 152 valence electrons. The Balaban J connectivity index is 1.59. The Morgan fingerprint density at radius 2 is 1.83 bits per heavy atom. The Bertz CT molecular complexity index is 1330. The smallest absolute Gasteiger partial charge is 0.264 e. The molecule has 0 saturated heterocycles. The Hall–Kier alpha value is -3.72. The Kier molecular flexibility index (Phi) is 4.96. The first-order chi connectivity index (χ1) is 14.4. The third kappa shape index (κ3) is 3.62. The van der Waals surface area contributed by atoms with Gasteiger partial charge in [0.1, 0.15) is 0 Å². The van der Waals surface area contributed by atoms with Gasteiger partial charge in [-0.3, -0.25) is 9.10 Å². The van der Waals surface area contributed by atoms with Crippen LogP contribution in [0.15, 0.2) is 76.3 Å². The molecule has 2 aromatic heterocycles. The second-order valence-electron chi connectivity index (χ2n) is 6.63. The van der Waals surface area contributed by atoms with Crippen molar-refractivity contribution >= 4 is 38.4 Å². The molecule has 0 radical (unpaired) electrons. The number of hydrogen-bond acceptors (Lipinski definition) is 6. The van der Waals surface area contributed by atoms with Gasteiger partial charge < -0.3 is 9.84 Å². The summed E-state index contributed by atoms with van der Waals surface area (Å²) in [7, 11) is -2.31. The van der Waals surface area contributed by atoms with E-state index in [0.29, 0.717) is 33.7 Å². The number of carbonyl (C=O) groups is 1. The number of benzene rings is 2. The van der Waals surface area contributed by atoms with Gasteiger partial charge in [0.25, 0.3) is 21.6 Å². The van der Waals surface area contributed by atoms with Crippen LogP contribution < -0.4 is 9.62 Å². The van der Waals surface area contributed by atoms with Crippen LogP contribution in [-0.4, -0.2) is 31.5 Å². The van der Waals surface area contributed by atoms with Crippen molar-refractivity contribution in [1.29, 1.82) is 0 Å². The molecule has 9 heteroatoms. The van der Waals surface area contributed by atoms with Crippen LogP contribution in [0.1, 0.15) is 16.1 Å². The van der Waals surface area contributed by atoms with Crippen molar-refractivity contribution < 1.29 is 17.7 Å². The SMILES string of the molecule is Cc1noc2ncc(C(=O)Nc3cccc(S(=O)(=O)N(C)c4ccccc4)c3)cc12. The van der Waals surface area contributed by atoms with E-state index in [1.54, 1.807) is 49.4 Å². The number of aryl methyl sites for hydroxylation is 1. The maximum Gasteiger partial charge on any atom is 0.264 e. The molecular formula is C21H18N4O4S. The molecule has 0 spiro atoms. The highest BCUT2D eigenvalue weighted by Crippen LogP contribution is 2.24. The number of aromatic nitrogens is 2. The summed E-state index contributed by atoms with van der Waals surface area (Å²) in [5.74, 6) is -0.420. The van der Waals surface area contributed by atoms with E-state index in [9.17, 15) is 13.2 Å². The lowest BCUT2D eigenvalue weighted by Gasteiger charge is -2.19. The van der Waals surface area contributed by atoms with Gasteiger partial charge in [-0.2, -0.15) is 0 Å². The molecule has 0 aliphatic heterocycles. The normalized spacial score (nSPS) is 11.4. The quantitative estimate of drug-likeness (QED) is 0.527. The second kappa shape index (κ2) is 7.60. The van der Waals surface area contributed by atoms with Gasteiger partial charge in [0.2, 0.25) is 0 Å². The van der Waals surface area contributed by atoms with Crippen molar-refractivity contribution in [2.75, 3.05) is 16.7 Å². The molecule has 1 amide bonds. The molecule has 0 fully saturated rings. The Morgan fingerprint density at radius 1 is 1.07 bits per heavy atom. The van der Waals surface area contributed by atoms with Crippen molar-refractivity contribution in [3.63, 3.8) is 0 Å². The zero-order valence-corrected chi connectivity index (χ0v) is 17.1. The first-order valence-electron chi connectivity index (χ1n) is 9.04. The van der Waals surface area contributed by atoms with Crippen LogP contribution >= 0.6 is 0 Å². The third-order valence-electron chi connectivity index (χ3n) is 4.64. The van der Waals surface area contributed by atoms with Gasteiger partial charge >= 0.3 is 0 Å². The lowest BCUT2D eigenvalue weighted by atomic mass is 10.2. The van der Waals surface area contributed by atoms with E-state index >= 15 is 0 Å². The van der Waals surface area contributed by atoms with Crippen LogP contribution in [0.2, 0.25) is 0 Å². The minimum atomic E-state index is -3.79. The maximum atomic E-state index is 13.0. The summed E-state index contributed by atoms with van der Waals surface area (Å²) in [4.78, 5) is 16.8. The fourth-order valence-electron chi connectivity index (χ4n) is 2.94. The number of sulfonamides is 1. The van der Waals surface area contributed by atoms with E-state index < -0.39 is 15.9 Å². The van der Waals surface area contributed by atoms with Gasteiger partial charge in [-0.15, -0.1) is 0 Å². The van der Waals surface area contributed by atoms with Crippen LogP contribution in [0.3, 0.4) is 0 Å². The minimum Gasteiger partial charge on any atom is -0.336 e. The summed E-state index contributed by atoms with van der Waals surface area (Å²) in [6.07, 6.45) is 1.38. The molecule has 0 aliphatic carbocycles. The molecule has 1 N–H and O–H groups in total. The van der Waals surface area contributed by atoms with E-state index in [1.807, 2.05) is 6.07 Å². The topological polar surface area (TPSA) is 105 Å². The van der Waals surface area contributed by atoms with Crippen molar-refractivity contribution in [1.82, 2.24) is 10.1 Å². The number of amides is 1. The zero-order chi connectivity index (χ0) is 21.3. The van der Waals surface area contributed by atoms with E-state index in [1.165, 1.54) is 29.7 Å². The average molecular weight is 422 g/mol. The largest absolute Gasteiger partial charge is 0.336 e. The van der Waals surface area contributed by atoms with Crippen LogP contribution in [-0.2, 0) is 10.0 Å². The molecular weight excluding hydrogens is 404 g/mol. The van der Waals surface area contributed by atoms with Crippen LogP contribution in [0.25, 0.3) is 11.1 Å². The Morgan fingerprint density at radius 3 is 2.60 bits per heavy atom. The average Bonchev–Trinajstić information content (AvgIpc) is 3.14. The molecule has 4 aromatic rings. The van der Waals surface area contributed by atoms with Gasteiger partial charge in [0, 0.05) is 18.9 Å². The number of carbonyl (C=O) groups excluding carboxylic acids is 1. The summed E-state index contributed by atoms with van der Waals surface area (Å²) in [5.41, 5.74) is 2.17. The summed E-state index contributed by atoms with van der Waals surface area (Å²) in [6.45, 7) is 1.76. The molecule has 0 unspecified atom stereocenters. The van der Waals surface area contributed by atoms with Gasteiger partial charge in [0.05, 0.1) is 27.2 Å². The molecule has 0 aliphatic rings. The highest BCUT2D eigenvalue weighted by Gasteiger charge is 2.22. The van der Waals surface area contributed by atoms with E-state index in [-0.39, 0.29) is 4.90 Å². The fraction of sp³-hybridized carbons (Fsp3) is 0.0952. The molecule has 30 heavy (non-hydrogen) atoms. The van der Waals surface area contributed by atoms with E-state index in [2.05, 4.69) is 15.5 Å². The van der Waals surface area contributed by atoms with Crippen molar-refractivity contribution in [3.8, 4) is 0 Å². The predicted octanol–water partition coefficient (Wildman–Crippen LogP) is 3.61. The number of pyridine rings is 1. The molecule has 2 aromatic carbocycles. The first kappa shape index (κ1) is 19.6. The highest BCUT2D eigenvalue weighted by atomic mass is 32.2. The monoisotopic (exact) mass is 422 g/mol. The maximum absolute atomic E-state index is 13.0. The summed E-state index contributed by atoms with van der Waals surface area (Å²) in [5, 5.41) is 7.17. The van der Waals surface area contributed by atoms with Crippen molar-refractivity contribution in [3.05, 3.63) is 78.1 Å². The highest BCUT2D eigenvalue weighted by molar-refractivity contribution is 7.92. The lowest BCUT2D eigenvalue weighted by Crippen LogP contribution is -2.26. The van der Waals surface area contributed by atoms with Gasteiger partial charge in [-0.05, 0) is 43.3 Å². The number of anilines is 2. The molecule has 0 saturated carbocycles. The Labute approximate surface area is 173 Å². The number of hydrogen-bond donors (Lipinski definition) is 1. The number of fused-ring (bicyclic) bond motifs is 1. The van der Waals surface area contributed by atoms with Gasteiger partial charge in [-0.1, -0.05) is 29.4 Å². The summed E-state index contributed by atoms with van der Waals surface area (Å²) >= 11 is 0. The second-order valence-corrected chi connectivity index (χ2v) is 8.60. The fourth-order valence-corrected chi connectivity index (χ4v) is 4.18. The molecule has 4 rings (SSSR count).